The van der Waals surface area contributed by atoms with Gasteiger partial charge < -0.3 is 20.5 Å². The van der Waals surface area contributed by atoms with Crippen LogP contribution in [0.4, 0.5) is 11.4 Å². The summed E-state index contributed by atoms with van der Waals surface area (Å²) in [6.45, 7) is 1.98. The molecule has 0 aliphatic heterocycles. The van der Waals surface area contributed by atoms with E-state index in [9.17, 15) is 4.79 Å². The smallest absolute Gasteiger partial charge is 0.237 e. The zero-order chi connectivity index (χ0) is 17.5. The number of amides is 1. The van der Waals surface area contributed by atoms with Crippen molar-refractivity contribution in [1.82, 2.24) is 0 Å². The summed E-state index contributed by atoms with van der Waals surface area (Å²) in [4.78, 5) is 13.6. The number of hydrogen-bond acceptors (Lipinski definition) is 5. The van der Waals surface area contributed by atoms with Gasteiger partial charge >= 0.3 is 0 Å². The predicted octanol–water partition coefficient (Wildman–Crippen LogP) is 3.80. The van der Waals surface area contributed by atoms with Gasteiger partial charge in [0.15, 0.2) is 0 Å². The van der Waals surface area contributed by atoms with Gasteiger partial charge in [0.2, 0.25) is 5.91 Å². The van der Waals surface area contributed by atoms with E-state index in [0.29, 0.717) is 29.3 Å². The minimum Gasteiger partial charge on any atom is -0.497 e. The van der Waals surface area contributed by atoms with Crippen LogP contribution in [0.2, 0.25) is 0 Å². The molecule has 1 amide bonds. The van der Waals surface area contributed by atoms with E-state index >= 15 is 0 Å². The van der Waals surface area contributed by atoms with Crippen LogP contribution < -0.4 is 20.5 Å². The highest BCUT2D eigenvalue weighted by molar-refractivity contribution is 8.00. The number of thioether (sulfide) groups is 1. The van der Waals surface area contributed by atoms with Crippen molar-refractivity contribution in [1.29, 1.82) is 0 Å². The zero-order valence-corrected chi connectivity index (χ0v) is 14.9. The Morgan fingerprint density at radius 1 is 1.17 bits per heavy atom. The Labute approximate surface area is 146 Å². The second-order valence-electron chi connectivity index (χ2n) is 5.18. The molecule has 128 valence electrons. The first-order valence-electron chi connectivity index (χ1n) is 7.61. The van der Waals surface area contributed by atoms with Gasteiger partial charge in [-0.05, 0) is 24.6 Å². The van der Waals surface area contributed by atoms with Crippen molar-refractivity contribution in [2.75, 3.05) is 25.3 Å². The first-order valence-corrected chi connectivity index (χ1v) is 8.49. The number of methoxy groups -OCH3 is 2. The number of hydrogen-bond donors (Lipinski definition) is 2. The van der Waals surface area contributed by atoms with Crippen molar-refractivity contribution in [2.24, 2.45) is 0 Å². The number of carbonyl (C=O) groups excluding carboxylic acids is 1. The monoisotopic (exact) mass is 346 g/mol. The van der Waals surface area contributed by atoms with Crippen molar-refractivity contribution >= 4 is 29.0 Å². The first kappa shape index (κ1) is 18.0. The van der Waals surface area contributed by atoms with Crippen LogP contribution in [0, 0.1) is 0 Å². The minimum atomic E-state index is -0.219. The van der Waals surface area contributed by atoms with Crippen LogP contribution in [-0.2, 0) is 4.79 Å². The number of carbonyl (C=O) groups is 1. The maximum Gasteiger partial charge on any atom is 0.237 e. The quantitative estimate of drug-likeness (QED) is 0.589. The number of rotatable bonds is 7. The molecule has 0 saturated heterocycles. The molecule has 0 aliphatic carbocycles. The molecule has 0 radical (unpaired) electrons. The summed E-state index contributed by atoms with van der Waals surface area (Å²) in [5.74, 6) is 1.18. The van der Waals surface area contributed by atoms with Crippen molar-refractivity contribution < 1.29 is 14.3 Å². The number of nitrogen functional groups attached to an aromatic ring is 1. The third kappa shape index (κ3) is 4.83. The Balaban J connectivity index is 2.11. The van der Waals surface area contributed by atoms with Gasteiger partial charge in [-0.3, -0.25) is 4.79 Å². The van der Waals surface area contributed by atoms with E-state index in [1.54, 1.807) is 32.4 Å². The molecule has 0 aliphatic rings. The van der Waals surface area contributed by atoms with Crippen molar-refractivity contribution in [3.63, 3.8) is 0 Å². The second kappa shape index (κ2) is 8.49. The summed E-state index contributed by atoms with van der Waals surface area (Å²) in [5.41, 5.74) is 7.13. The Morgan fingerprint density at radius 2 is 1.83 bits per heavy atom. The normalized spacial score (nSPS) is 11.6. The lowest BCUT2D eigenvalue weighted by Crippen LogP contribution is -2.24. The van der Waals surface area contributed by atoms with Crippen molar-refractivity contribution in [2.45, 2.75) is 23.5 Å². The third-order valence-electron chi connectivity index (χ3n) is 3.42. The van der Waals surface area contributed by atoms with Gasteiger partial charge in [-0.2, -0.15) is 0 Å². The first-order chi connectivity index (χ1) is 11.5. The number of nitrogens with one attached hydrogen (secondary N) is 1. The van der Waals surface area contributed by atoms with Crippen LogP contribution in [0.5, 0.6) is 11.5 Å². The number of benzene rings is 2. The van der Waals surface area contributed by atoms with Gasteiger partial charge in [0.05, 0.1) is 19.5 Å². The molecule has 0 bridgehead atoms. The van der Waals surface area contributed by atoms with Crippen LogP contribution >= 0.6 is 11.8 Å². The number of nitrogens with two attached hydrogens (primary N) is 1. The Bertz CT molecular complexity index is 684. The number of anilines is 2. The van der Waals surface area contributed by atoms with Gasteiger partial charge in [-0.15, -0.1) is 11.8 Å². The molecule has 6 heteroatoms. The SMILES string of the molecule is CCC(Sc1cccc(N)c1)C(=O)Nc1cc(OC)cc(OC)c1. The molecule has 0 saturated carbocycles. The van der Waals surface area contributed by atoms with Gasteiger partial charge in [0.1, 0.15) is 11.5 Å². The summed E-state index contributed by atoms with van der Waals surface area (Å²) in [6, 6.07) is 12.8. The highest BCUT2D eigenvalue weighted by atomic mass is 32.2. The minimum absolute atomic E-state index is 0.0692. The summed E-state index contributed by atoms with van der Waals surface area (Å²) < 4.78 is 10.4. The van der Waals surface area contributed by atoms with Crippen LogP contribution in [0.25, 0.3) is 0 Å². The highest BCUT2D eigenvalue weighted by Gasteiger charge is 2.18. The zero-order valence-electron chi connectivity index (χ0n) is 14.0. The third-order valence-corrected chi connectivity index (χ3v) is 4.78. The Morgan fingerprint density at radius 3 is 2.38 bits per heavy atom. The maximum absolute atomic E-state index is 12.6. The molecule has 0 aromatic heterocycles. The molecule has 1 atom stereocenters. The molecule has 1 unspecified atom stereocenters. The molecule has 0 spiro atoms. The molecule has 2 aromatic rings. The average Bonchev–Trinajstić information content (AvgIpc) is 2.59. The van der Waals surface area contributed by atoms with E-state index in [-0.39, 0.29) is 11.2 Å². The van der Waals surface area contributed by atoms with Gasteiger partial charge in [0, 0.05) is 34.5 Å². The molecule has 2 rings (SSSR count). The van der Waals surface area contributed by atoms with E-state index in [0.717, 1.165) is 4.90 Å². The average molecular weight is 346 g/mol. The lowest BCUT2D eigenvalue weighted by atomic mass is 10.2. The summed E-state index contributed by atoms with van der Waals surface area (Å²) in [7, 11) is 3.15. The van der Waals surface area contributed by atoms with Gasteiger partial charge in [0.25, 0.3) is 0 Å². The van der Waals surface area contributed by atoms with Gasteiger partial charge in [-0.25, -0.2) is 0 Å². The van der Waals surface area contributed by atoms with Gasteiger partial charge in [-0.1, -0.05) is 13.0 Å². The van der Waals surface area contributed by atoms with E-state index in [4.69, 9.17) is 15.2 Å². The molecule has 24 heavy (non-hydrogen) atoms. The lowest BCUT2D eigenvalue weighted by molar-refractivity contribution is -0.115. The van der Waals surface area contributed by atoms with Crippen LogP contribution in [-0.4, -0.2) is 25.4 Å². The maximum atomic E-state index is 12.6. The van der Waals surface area contributed by atoms with Crippen LogP contribution in [0.3, 0.4) is 0 Å². The van der Waals surface area contributed by atoms with Crippen molar-refractivity contribution in [3.05, 3.63) is 42.5 Å². The lowest BCUT2D eigenvalue weighted by Gasteiger charge is -2.16. The molecular formula is C18H22N2O3S. The predicted molar refractivity (Wildman–Crippen MR) is 99.0 cm³/mol. The fourth-order valence-electron chi connectivity index (χ4n) is 2.18. The summed E-state index contributed by atoms with van der Waals surface area (Å²) >= 11 is 1.50. The highest BCUT2D eigenvalue weighted by Crippen LogP contribution is 2.29. The molecule has 0 fully saturated rings. The molecule has 5 nitrogen and oxygen atoms in total. The van der Waals surface area contributed by atoms with E-state index < -0.39 is 0 Å². The Hall–Kier alpha value is -2.34. The molecular weight excluding hydrogens is 324 g/mol. The van der Waals surface area contributed by atoms with Crippen LogP contribution in [0.15, 0.2) is 47.4 Å². The standard InChI is InChI=1S/C18H22N2O3S/c1-4-17(24-16-7-5-6-12(19)8-16)18(21)20-13-9-14(22-2)11-15(10-13)23-3/h5-11,17H,4,19H2,1-3H3,(H,20,21). The molecule has 2 aromatic carbocycles. The fraction of sp³-hybridized carbons (Fsp3) is 0.278. The second-order valence-corrected chi connectivity index (χ2v) is 6.45. The van der Waals surface area contributed by atoms with E-state index in [1.807, 2.05) is 31.2 Å². The van der Waals surface area contributed by atoms with E-state index in [1.165, 1.54) is 11.8 Å². The van der Waals surface area contributed by atoms with Crippen molar-refractivity contribution in [3.8, 4) is 11.5 Å². The summed E-state index contributed by atoms with van der Waals surface area (Å²) in [5, 5.41) is 2.71. The van der Waals surface area contributed by atoms with Crippen LogP contribution in [0.1, 0.15) is 13.3 Å². The summed E-state index contributed by atoms with van der Waals surface area (Å²) in [6.07, 6.45) is 0.701. The Kier molecular flexibility index (Phi) is 6.37. The molecule has 0 heterocycles. The largest absolute Gasteiger partial charge is 0.497 e. The topological polar surface area (TPSA) is 73.6 Å². The number of ether oxygens (including phenoxy) is 2. The molecule has 3 N–H and O–H groups in total. The van der Waals surface area contributed by atoms with E-state index in [2.05, 4.69) is 5.32 Å². The fourth-order valence-corrected chi connectivity index (χ4v) is 3.20.